The molecule has 1 amide bonds. The van der Waals surface area contributed by atoms with E-state index in [0.717, 1.165) is 12.8 Å². The highest BCUT2D eigenvalue weighted by Crippen LogP contribution is 2.27. The molecular weight excluding hydrogens is 458 g/mol. The number of aryl methyl sites for hydroxylation is 1. The van der Waals surface area contributed by atoms with Crippen LogP contribution in [-0.2, 0) is 10.0 Å². The van der Waals surface area contributed by atoms with Crippen molar-refractivity contribution in [2.45, 2.75) is 24.7 Å². The Labute approximate surface area is 197 Å². The Bertz CT molecular complexity index is 1280. The molecule has 0 radical (unpaired) electrons. The van der Waals surface area contributed by atoms with Gasteiger partial charge in [-0.15, -0.1) is 0 Å². The first-order valence-electron chi connectivity index (χ1n) is 11.2. The van der Waals surface area contributed by atoms with E-state index in [1.807, 2.05) is 4.90 Å². The van der Waals surface area contributed by atoms with E-state index < -0.39 is 10.0 Å². The van der Waals surface area contributed by atoms with Crippen LogP contribution in [0.1, 0.15) is 29.1 Å². The van der Waals surface area contributed by atoms with Gasteiger partial charge in [-0.1, -0.05) is 17.3 Å². The fourth-order valence-corrected chi connectivity index (χ4v) is 5.90. The summed E-state index contributed by atoms with van der Waals surface area (Å²) in [4.78, 5) is 29.1. The number of hydrogen-bond acceptors (Lipinski definition) is 9. The molecule has 0 atom stereocenters. The quantitative estimate of drug-likeness (QED) is 0.532. The topological polar surface area (TPSA) is 126 Å². The number of likely N-dealkylation sites (tertiary alicyclic amines) is 1. The molecule has 2 aromatic heterocycles. The number of sulfonamides is 1. The molecule has 1 aromatic carbocycles. The maximum atomic E-state index is 13.5. The molecule has 0 saturated carbocycles. The second-order valence-electron chi connectivity index (χ2n) is 8.34. The van der Waals surface area contributed by atoms with Gasteiger partial charge >= 0.3 is 11.8 Å². The molecule has 0 unspecified atom stereocenters. The molecule has 0 aliphatic carbocycles. The molecule has 2 saturated heterocycles. The molecular formula is C22H25N7O4S. The van der Waals surface area contributed by atoms with Crippen molar-refractivity contribution in [2.75, 3.05) is 44.2 Å². The lowest BCUT2D eigenvalue weighted by Crippen LogP contribution is -2.49. The summed E-state index contributed by atoms with van der Waals surface area (Å²) < 4.78 is 33.6. The molecule has 0 bridgehead atoms. The number of nitrogens with zero attached hydrogens (tertiary/aromatic N) is 7. The first-order valence-corrected chi connectivity index (χ1v) is 12.6. The number of hydrogen-bond donors (Lipinski definition) is 0. The second kappa shape index (κ2) is 9.11. The second-order valence-corrected chi connectivity index (χ2v) is 10.2. The number of benzene rings is 1. The van der Waals surface area contributed by atoms with Gasteiger partial charge in [-0.2, -0.15) is 9.29 Å². The minimum absolute atomic E-state index is 0.0823. The monoisotopic (exact) mass is 483 g/mol. The number of carbonyl (C=O) groups is 1. The predicted molar refractivity (Wildman–Crippen MR) is 123 cm³/mol. The van der Waals surface area contributed by atoms with E-state index in [2.05, 4.69) is 20.1 Å². The first kappa shape index (κ1) is 22.4. The van der Waals surface area contributed by atoms with Gasteiger partial charge in [0, 0.05) is 57.2 Å². The van der Waals surface area contributed by atoms with E-state index in [-0.39, 0.29) is 22.5 Å². The molecule has 2 aliphatic rings. The summed E-state index contributed by atoms with van der Waals surface area (Å²) in [5, 5.41) is 3.93. The Balaban J connectivity index is 1.35. The number of carbonyl (C=O) groups excluding carboxylic acids is 1. The van der Waals surface area contributed by atoms with Gasteiger partial charge in [0.25, 0.3) is 0 Å². The van der Waals surface area contributed by atoms with E-state index in [9.17, 15) is 13.2 Å². The van der Waals surface area contributed by atoms with Gasteiger partial charge in [0.2, 0.25) is 21.8 Å². The largest absolute Gasteiger partial charge is 0.338 e. The SMILES string of the molecule is Cc1ccc(-c2noc(C(=O)N3CCCC3)n2)cc1S(=O)(=O)N1CCN(c2ncccn2)CC1. The number of anilines is 1. The van der Waals surface area contributed by atoms with Crippen LogP contribution in [0.3, 0.4) is 0 Å². The van der Waals surface area contributed by atoms with E-state index in [1.54, 1.807) is 48.5 Å². The summed E-state index contributed by atoms with van der Waals surface area (Å²) in [7, 11) is -3.75. The molecule has 11 nitrogen and oxygen atoms in total. The van der Waals surface area contributed by atoms with Crippen molar-refractivity contribution in [3.63, 3.8) is 0 Å². The Morgan fingerprint density at radius 2 is 1.71 bits per heavy atom. The summed E-state index contributed by atoms with van der Waals surface area (Å²) in [6, 6.07) is 6.74. The summed E-state index contributed by atoms with van der Waals surface area (Å²) in [6.07, 6.45) is 5.25. The van der Waals surface area contributed by atoms with Gasteiger partial charge < -0.3 is 14.3 Å². The van der Waals surface area contributed by atoms with Crippen molar-refractivity contribution >= 4 is 21.9 Å². The van der Waals surface area contributed by atoms with Crippen molar-refractivity contribution in [1.29, 1.82) is 0 Å². The smallest absolute Gasteiger partial charge is 0.316 e. The highest BCUT2D eigenvalue weighted by Gasteiger charge is 2.31. The molecule has 0 N–H and O–H groups in total. The normalized spacial score (nSPS) is 17.3. The third kappa shape index (κ3) is 4.26. The molecule has 0 spiro atoms. The van der Waals surface area contributed by atoms with Crippen LogP contribution in [0.4, 0.5) is 5.95 Å². The number of piperazine rings is 1. The molecule has 2 aliphatic heterocycles. The number of rotatable bonds is 5. The lowest BCUT2D eigenvalue weighted by molar-refractivity contribution is 0.0743. The summed E-state index contributed by atoms with van der Waals surface area (Å²) in [5.41, 5.74) is 1.10. The van der Waals surface area contributed by atoms with Crippen molar-refractivity contribution < 1.29 is 17.7 Å². The first-order chi connectivity index (χ1) is 16.4. The Kier molecular flexibility index (Phi) is 6.00. The maximum absolute atomic E-state index is 13.5. The van der Waals surface area contributed by atoms with Crippen LogP contribution in [-0.4, -0.2) is 82.9 Å². The van der Waals surface area contributed by atoms with Gasteiger partial charge in [-0.05, 0) is 37.5 Å². The maximum Gasteiger partial charge on any atom is 0.316 e. The third-order valence-corrected chi connectivity index (χ3v) is 8.18. The zero-order valence-corrected chi connectivity index (χ0v) is 19.6. The summed E-state index contributed by atoms with van der Waals surface area (Å²) >= 11 is 0. The van der Waals surface area contributed by atoms with Gasteiger partial charge in [-0.25, -0.2) is 18.4 Å². The van der Waals surface area contributed by atoms with Crippen molar-refractivity contribution in [2.24, 2.45) is 0 Å². The highest BCUT2D eigenvalue weighted by molar-refractivity contribution is 7.89. The minimum atomic E-state index is -3.75. The molecule has 5 rings (SSSR count). The van der Waals surface area contributed by atoms with Crippen LogP contribution in [0, 0.1) is 6.92 Å². The van der Waals surface area contributed by atoms with Crippen LogP contribution in [0.5, 0.6) is 0 Å². The fourth-order valence-electron chi connectivity index (χ4n) is 4.22. The lowest BCUT2D eigenvalue weighted by Gasteiger charge is -2.34. The molecule has 4 heterocycles. The highest BCUT2D eigenvalue weighted by atomic mass is 32.2. The fraction of sp³-hybridized carbons (Fsp3) is 0.409. The zero-order valence-electron chi connectivity index (χ0n) is 18.8. The lowest BCUT2D eigenvalue weighted by atomic mass is 10.1. The third-order valence-electron chi connectivity index (χ3n) is 6.14. The number of aromatic nitrogens is 4. The van der Waals surface area contributed by atoms with Crippen LogP contribution in [0.2, 0.25) is 0 Å². The predicted octanol–water partition coefficient (Wildman–Crippen LogP) is 1.58. The molecule has 2 fully saturated rings. The van der Waals surface area contributed by atoms with Crippen molar-refractivity contribution in [1.82, 2.24) is 29.3 Å². The van der Waals surface area contributed by atoms with Crippen LogP contribution < -0.4 is 4.90 Å². The zero-order chi connectivity index (χ0) is 23.7. The Hall–Kier alpha value is -3.38. The van der Waals surface area contributed by atoms with Crippen molar-refractivity contribution in [3.8, 4) is 11.4 Å². The van der Waals surface area contributed by atoms with Gasteiger partial charge in [0.1, 0.15) is 0 Å². The summed E-state index contributed by atoms with van der Waals surface area (Å²) in [5.74, 6) is 0.400. The minimum Gasteiger partial charge on any atom is -0.338 e. The van der Waals surface area contributed by atoms with E-state index in [4.69, 9.17) is 4.52 Å². The molecule has 12 heteroatoms. The van der Waals surface area contributed by atoms with Crippen LogP contribution in [0.15, 0.2) is 46.1 Å². The Morgan fingerprint density at radius 1 is 1.00 bits per heavy atom. The van der Waals surface area contributed by atoms with E-state index in [1.165, 1.54) is 4.31 Å². The average molecular weight is 484 g/mol. The van der Waals surface area contributed by atoms with E-state index in [0.29, 0.717) is 56.3 Å². The molecule has 34 heavy (non-hydrogen) atoms. The van der Waals surface area contributed by atoms with Crippen molar-refractivity contribution in [3.05, 3.63) is 48.1 Å². The average Bonchev–Trinajstić information content (AvgIpc) is 3.57. The van der Waals surface area contributed by atoms with Gasteiger partial charge in [0.15, 0.2) is 0 Å². The summed E-state index contributed by atoms with van der Waals surface area (Å²) in [6.45, 7) is 4.73. The van der Waals surface area contributed by atoms with Crippen LogP contribution >= 0.6 is 0 Å². The molecule has 178 valence electrons. The van der Waals surface area contributed by atoms with E-state index >= 15 is 0 Å². The van der Waals surface area contributed by atoms with Gasteiger partial charge in [-0.3, -0.25) is 4.79 Å². The standard InChI is InChI=1S/C22H25N7O4S/c1-16-5-6-17(19-25-20(33-26-19)21(30)27-9-2-3-10-27)15-18(16)34(31,32)29-13-11-28(12-14-29)22-23-7-4-8-24-22/h4-8,15H,2-3,9-14H2,1H3. The number of amides is 1. The molecule has 3 aromatic rings. The van der Waals surface area contributed by atoms with Crippen LogP contribution in [0.25, 0.3) is 11.4 Å². The van der Waals surface area contributed by atoms with Gasteiger partial charge in [0.05, 0.1) is 4.90 Å². The Morgan fingerprint density at radius 3 is 2.41 bits per heavy atom.